The zero-order valence-corrected chi connectivity index (χ0v) is 27.4. The Kier molecular flexibility index (Phi) is 17.0. The number of carboxylic acid groups (broad SMARTS) is 2. The van der Waals surface area contributed by atoms with Gasteiger partial charge in [-0.05, 0) is 45.4 Å². The van der Waals surface area contributed by atoms with Crippen molar-refractivity contribution in [2.75, 3.05) is 0 Å². The molecule has 2 aliphatic rings. The number of fused-ring (bicyclic) bond motifs is 1. The van der Waals surface area contributed by atoms with E-state index < -0.39 is 29.6 Å². The first kappa shape index (κ1) is 40.3. The Morgan fingerprint density at radius 1 is 0.907 bits per heavy atom. The third-order valence-corrected chi connectivity index (χ3v) is 6.23. The fraction of sp³-hybridized carbons (Fsp3) is 0.500. The monoisotopic (exact) mass is 635 g/mol. The highest BCUT2D eigenvalue weighted by Crippen LogP contribution is 2.29. The molecule has 2 aromatic carbocycles. The number of aliphatic carboxylic acids is 2. The number of terminal acetylenes is 2. The highest BCUT2D eigenvalue weighted by molar-refractivity contribution is 7.59. The molecule has 4 N–H and O–H groups in total. The number of benzene rings is 2. The van der Waals surface area contributed by atoms with Gasteiger partial charge >= 0.3 is 5.97 Å². The summed E-state index contributed by atoms with van der Waals surface area (Å²) in [6, 6.07) is 15.2. The Morgan fingerprint density at radius 2 is 1.37 bits per heavy atom. The van der Waals surface area contributed by atoms with E-state index in [1.165, 1.54) is 16.3 Å². The predicted molar refractivity (Wildman–Crippen MR) is 172 cm³/mol. The Balaban J connectivity index is 0.000000602. The molecule has 0 unspecified atom stereocenters. The van der Waals surface area contributed by atoms with Crippen molar-refractivity contribution in [2.24, 2.45) is 0 Å². The molecular weight excluding hydrogens is 590 g/mol. The maximum atomic E-state index is 10.5. The third kappa shape index (κ3) is 14.1. The Morgan fingerprint density at radius 3 is 1.81 bits per heavy atom. The van der Waals surface area contributed by atoms with E-state index in [4.69, 9.17) is 36.9 Å². The number of carboxylic acids is 2. The molecule has 0 aromatic heterocycles. The summed E-state index contributed by atoms with van der Waals surface area (Å²) in [6.07, 6.45) is 9.58. The normalized spacial score (nSPS) is 23.9. The van der Waals surface area contributed by atoms with Crippen LogP contribution in [0.3, 0.4) is 0 Å². The average molecular weight is 636 g/mol. The first-order valence-corrected chi connectivity index (χ1v) is 13.5. The summed E-state index contributed by atoms with van der Waals surface area (Å²) in [6.45, 7) is 9.00. The largest absolute Gasteiger partial charge is 0.550 e. The molecule has 0 spiro atoms. The predicted octanol–water partition coefficient (Wildman–Crippen LogP) is 3.04. The second kappa shape index (κ2) is 18.2. The third-order valence-electron chi connectivity index (χ3n) is 6.23. The van der Waals surface area contributed by atoms with Gasteiger partial charge in [0.15, 0.2) is 11.6 Å². The second-order valence-electron chi connectivity index (χ2n) is 10.9. The van der Waals surface area contributed by atoms with Crippen LogP contribution in [0.5, 0.6) is 0 Å². The van der Waals surface area contributed by atoms with Crippen molar-refractivity contribution in [3.63, 3.8) is 0 Å². The molecule has 4 rings (SSSR count). The van der Waals surface area contributed by atoms with Crippen LogP contribution in [0.25, 0.3) is 10.8 Å². The van der Waals surface area contributed by atoms with Gasteiger partial charge < -0.3 is 39.7 Å². The number of rotatable bonds is 5. The van der Waals surface area contributed by atoms with E-state index in [0.29, 0.717) is 18.9 Å². The van der Waals surface area contributed by atoms with Gasteiger partial charge in [-0.2, -0.15) is 27.0 Å². The number of hydrogen-bond donors (Lipinski definition) is 2. The molecule has 0 saturated carbocycles. The second-order valence-corrected chi connectivity index (χ2v) is 10.9. The summed E-state index contributed by atoms with van der Waals surface area (Å²) < 4.78 is 21.5. The molecule has 43 heavy (non-hydrogen) atoms. The van der Waals surface area contributed by atoms with Crippen molar-refractivity contribution in [3.8, 4) is 24.7 Å². The van der Waals surface area contributed by atoms with Crippen LogP contribution in [0, 0.1) is 24.7 Å². The van der Waals surface area contributed by atoms with Crippen LogP contribution in [0.2, 0.25) is 0 Å². The molecule has 2 aliphatic heterocycles. The van der Waals surface area contributed by atoms with Gasteiger partial charge in [-0.1, -0.05) is 54.3 Å². The lowest BCUT2D eigenvalue weighted by Crippen LogP contribution is -2.51. The van der Waals surface area contributed by atoms with Gasteiger partial charge in [0.2, 0.25) is 0 Å². The van der Waals surface area contributed by atoms with Gasteiger partial charge in [-0.3, -0.25) is 4.79 Å². The van der Waals surface area contributed by atoms with Crippen molar-refractivity contribution in [1.82, 2.24) is 0 Å². The molecule has 0 bridgehead atoms. The van der Waals surface area contributed by atoms with Crippen molar-refractivity contribution in [1.29, 1.82) is 0 Å². The Labute approximate surface area is 268 Å². The molecule has 2 aromatic rings. The minimum Gasteiger partial charge on any atom is -0.550 e. The van der Waals surface area contributed by atoms with E-state index in [0.717, 1.165) is 0 Å². The van der Waals surface area contributed by atoms with Crippen LogP contribution in [-0.4, -0.2) is 53.0 Å². The smallest absolute Gasteiger partial charge is 0.305 e. The maximum Gasteiger partial charge on any atom is 0.305 e. The molecule has 2 fully saturated rings. The minimum atomic E-state index is -1.14. The highest BCUT2D eigenvalue weighted by atomic mass is 32.1. The molecule has 0 aliphatic carbocycles. The zero-order valence-electron chi connectivity index (χ0n) is 25.4. The molecule has 5 atom stereocenters. The van der Waals surface area contributed by atoms with E-state index in [9.17, 15) is 14.7 Å². The lowest BCUT2D eigenvalue weighted by atomic mass is 10.0. The minimum absolute atomic E-state index is 0. The lowest BCUT2D eigenvalue weighted by Gasteiger charge is -2.39. The van der Waals surface area contributed by atoms with E-state index in [-0.39, 0.29) is 58.1 Å². The van der Waals surface area contributed by atoms with Crippen LogP contribution in [0.1, 0.15) is 71.9 Å². The number of quaternary nitrogens is 1. The zero-order chi connectivity index (χ0) is 30.8. The van der Waals surface area contributed by atoms with E-state index in [1.54, 1.807) is 27.7 Å². The van der Waals surface area contributed by atoms with E-state index >= 15 is 0 Å². The van der Waals surface area contributed by atoms with Gasteiger partial charge in [0.25, 0.3) is 0 Å². The first-order chi connectivity index (χ1) is 19.1. The molecular formula is C32H45NO8S2. The van der Waals surface area contributed by atoms with Gasteiger partial charge in [0.05, 0.1) is 18.6 Å². The van der Waals surface area contributed by atoms with Crippen molar-refractivity contribution in [3.05, 3.63) is 48.0 Å². The molecule has 2 heterocycles. The topological polar surface area (TPSA) is 142 Å². The van der Waals surface area contributed by atoms with Gasteiger partial charge in [-0.15, -0.1) is 12.8 Å². The van der Waals surface area contributed by atoms with Crippen LogP contribution in [0.15, 0.2) is 42.5 Å². The molecule has 0 radical (unpaired) electrons. The van der Waals surface area contributed by atoms with Crippen molar-refractivity contribution >= 4 is 49.7 Å². The fourth-order valence-electron chi connectivity index (χ4n) is 4.73. The lowest BCUT2D eigenvalue weighted by molar-refractivity contribution is -0.420. The summed E-state index contributed by atoms with van der Waals surface area (Å²) in [5.41, 5.74) is 5.39. The molecule has 9 nitrogen and oxygen atoms in total. The number of ether oxygens (including phenoxy) is 4. The maximum absolute atomic E-state index is 10.5. The van der Waals surface area contributed by atoms with Crippen molar-refractivity contribution in [2.45, 2.75) is 102 Å². The SMILES string of the molecule is C#C[C@@H]1C[C@H](CC(=O)O)OC(C)(C)O1.C#C[C@@H]1C[C@H](CC(=O)[O-])OC(C)(C)O1.C[C@@H]([NH3+])c1cccc2ccccc12.S.S. The number of hydrogen-bond acceptors (Lipinski definition) is 7. The van der Waals surface area contributed by atoms with Crippen LogP contribution < -0.4 is 10.8 Å². The van der Waals surface area contributed by atoms with Crippen molar-refractivity contribution < 1.29 is 44.5 Å². The van der Waals surface area contributed by atoms with Crippen LogP contribution in [0.4, 0.5) is 0 Å². The standard InChI is InChI=1S/C12H13N.2C10H14O4.2H2S/c1-9(13)11-8-4-6-10-5-2-3-7-12(10)11;2*1-4-7-5-8(6-9(11)12)14-10(2,3)13-7;;/h2-9H,13H2,1H3;2*1,7-8H,5-6H2,2-3H3,(H,11,12);2*1H2/t9-;2*7-,8-;;/m111../s1. The molecule has 11 heteroatoms. The molecule has 2 saturated heterocycles. The summed E-state index contributed by atoms with van der Waals surface area (Å²) in [5, 5.41) is 21.6. The summed E-state index contributed by atoms with van der Waals surface area (Å²) in [7, 11) is 0. The molecule has 0 amide bonds. The van der Waals surface area contributed by atoms with Gasteiger partial charge in [-0.25, -0.2) is 0 Å². The average Bonchev–Trinajstić information content (AvgIpc) is 2.86. The Bertz CT molecular complexity index is 1210. The number of carbonyl (C=O) groups is 2. The van der Waals surface area contributed by atoms with Gasteiger partial charge in [0.1, 0.15) is 18.2 Å². The number of carbonyl (C=O) groups excluding carboxylic acids is 1. The highest BCUT2D eigenvalue weighted by Gasteiger charge is 2.36. The quantitative estimate of drug-likeness (QED) is 0.478. The van der Waals surface area contributed by atoms with Crippen LogP contribution >= 0.6 is 27.0 Å². The van der Waals surface area contributed by atoms with Crippen LogP contribution in [-0.2, 0) is 28.5 Å². The summed E-state index contributed by atoms with van der Waals surface area (Å²) >= 11 is 0. The Hall–Kier alpha value is -2.74. The molecule has 238 valence electrons. The van der Waals surface area contributed by atoms with E-state index in [2.05, 4.69) is 67.0 Å². The fourth-order valence-corrected chi connectivity index (χ4v) is 4.73. The van der Waals surface area contributed by atoms with Gasteiger partial charge in [0, 0.05) is 30.8 Å². The first-order valence-electron chi connectivity index (χ1n) is 13.5. The summed E-state index contributed by atoms with van der Waals surface area (Å²) in [4.78, 5) is 20.9. The van der Waals surface area contributed by atoms with E-state index in [1.807, 2.05) is 0 Å². The summed E-state index contributed by atoms with van der Waals surface area (Å²) in [5.74, 6) is 1.27.